The Kier molecular flexibility index (Phi) is 10.8. The van der Waals surface area contributed by atoms with Gasteiger partial charge in [0.25, 0.3) is 0 Å². The summed E-state index contributed by atoms with van der Waals surface area (Å²) in [6.07, 6.45) is -1.24. The van der Waals surface area contributed by atoms with Gasteiger partial charge in [-0.1, -0.05) is 36.4 Å². The third-order valence-electron chi connectivity index (χ3n) is 9.23. The number of carboxylic acid groups (broad SMARTS) is 1. The maximum Gasteiger partial charge on any atom is 0.416 e. The smallest absolute Gasteiger partial charge is 0.416 e. The van der Waals surface area contributed by atoms with Crippen molar-refractivity contribution in [2.75, 3.05) is 18.1 Å². The number of anilines is 1. The van der Waals surface area contributed by atoms with Gasteiger partial charge in [-0.2, -0.15) is 17.5 Å². The Morgan fingerprint density at radius 3 is 2.04 bits per heavy atom. The van der Waals surface area contributed by atoms with Crippen molar-refractivity contribution in [3.05, 3.63) is 123 Å². The third-order valence-corrected chi connectivity index (χ3v) is 11.1. The van der Waals surface area contributed by atoms with E-state index in [0.717, 1.165) is 72.0 Å². The summed E-state index contributed by atoms with van der Waals surface area (Å²) >= 11 is 0. The van der Waals surface area contributed by atoms with Gasteiger partial charge in [-0.25, -0.2) is 30.8 Å². The number of rotatable bonds is 14. The standard InChI is InChI=1S/C38H33F7N2O6S/c1-2-53-32-16-24(37(49)50)11-12-31(32)47(18-21-13-26(22-7-8-22)15-27(14-21)23-9-10-23)33(48)20-46(19-25-5-3-4-6-28(25)38(43,44)45)54(51,52)36-30(40)17-29(39)34(41)35(36)42/h3-6,11-17,22-23H,2,7-10,18-20H2,1H3,(H,49,50). The molecule has 54 heavy (non-hydrogen) atoms. The van der Waals surface area contributed by atoms with Gasteiger partial charge in [0, 0.05) is 12.6 Å². The highest BCUT2D eigenvalue weighted by atomic mass is 32.2. The molecule has 4 aromatic carbocycles. The summed E-state index contributed by atoms with van der Waals surface area (Å²) in [5.74, 6) is -11.0. The summed E-state index contributed by atoms with van der Waals surface area (Å²) in [7, 11) is -5.75. The quantitative estimate of drug-likeness (QED) is 0.0782. The van der Waals surface area contributed by atoms with Crippen molar-refractivity contribution < 1.29 is 58.6 Å². The Labute approximate surface area is 305 Å². The van der Waals surface area contributed by atoms with E-state index in [4.69, 9.17) is 4.74 Å². The lowest BCUT2D eigenvalue weighted by Gasteiger charge is -2.30. The van der Waals surface area contributed by atoms with Crippen LogP contribution in [0.2, 0.25) is 0 Å². The summed E-state index contributed by atoms with van der Waals surface area (Å²) in [4.78, 5) is 25.4. The van der Waals surface area contributed by atoms with Gasteiger partial charge in [-0.05, 0) is 91.0 Å². The first kappa shape index (κ1) is 38.8. The zero-order valence-electron chi connectivity index (χ0n) is 28.6. The summed E-state index contributed by atoms with van der Waals surface area (Å²) in [6, 6.07) is 12.8. The zero-order valence-corrected chi connectivity index (χ0v) is 29.4. The van der Waals surface area contributed by atoms with Crippen molar-refractivity contribution in [1.29, 1.82) is 0 Å². The van der Waals surface area contributed by atoms with Crippen LogP contribution in [-0.2, 0) is 34.1 Å². The van der Waals surface area contributed by atoms with Gasteiger partial charge in [-0.15, -0.1) is 0 Å². The minimum atomic E-state index is -5.75. The molecule has 4 aromatic rings. The van der Waals surface area contributed by atoms with Crippen LogP contribution in [0.4, 0.5) is 36.4 Å². The summed E-state index contributed by atoms with van der Waals surface area (Å²) in [6.45, 7) is -1.34. The van der Waals surface area contributed by atoms with Gasteiger partial charge in [0.15, 0.2) is 22.3 Å². The fraction of sp³-hybridized carbons (Fsp3) is 0.316. The molecule has 0 bridgehead atoms. The molecule has 0 aromatic heterocycles. The second-order valence-electron chi connectivity index (χ2n) is 13.2. The molecule has 2 fully saturated rings. The number of ether oxygens (including phenoxy) is 1. The highest BCUT2D eigenvalue weighted by molar-refractivity contribution is 7.89. The number of carbonyl (C=O) groups is 2. The second kappa shape index (κ2) is 15.1. The Morgan fingerprint density at radius 1 is 0.833 bits per heavy atom. The number of aromatic carboxylic acids is 1. The Balaban J connectivity index is 1.49. The van der Waals surface area contributed by atoms with Gasteiger partial charge < -0.3 is 14.7 Å². The lowest BCUT2D eigenvalue weighted by atomic mass is 9.99. The fourth-order valence-electron chi connectivity index (χ4n) is 6.28. The number of hydrogen-bond acceptors (Lipinski definition) is 5. The number of amides is 1. The van der Waals surface area contributed by atoms with E-state index >= 15 is 8.78 Å². The molecule has 0 saturated heterocycles. The van der Waals surface area contributed by atoms with Crippen molar-refractivity contribution >= 4 is 27.6 Å². The molecule has 286 valence electrons. The van der Waals surface area contributed by atoms with E-state index in [1.807, 2.05) is 12.1 Å². The number of hydrogen-bond donors (Lipinski definition) is 1. The van der Waals surface area contributed by atoms with Crippen LogP contribution in [0.15, 0.2) is 71.6 Å². The topological polar surface area (TPSA) is 104 Å². The second-order valence-corrected chi connectivity index (χ2v) is 15.1. The number of sulfonamides is 1. The lowest BCUT2D eigenvalue weighted by molar-refractivity contribution is -0.138. The molecule has 1 amide bonds. The van der Waals surface area contributed by atoms with Crippen molar-refractivity contribution in [3.63, 3.8) is 0 Å². The minimum absolute atomic E-state index is 0.00941. The molecule has 0 aliphatic heterocycles. The number of carboxylic acids is 1. The molecule has 0 atom stereocenters. The maximum atomic E-state index is 15.1. The van der Waals surface area contributed by atoms with Crippen LogP contribution < -0.4 is 9.64 Å². The van der Waals surface area contributed by atoms with Crippen molar-refractivity contribution in [2.24, 2.45) is 0 Å². The zero-order chi connectivity index (χ0) is 39.1. The SMILES string of the molecule is CCOc1cc(C(=O)O)ccc1N(Cc1cc(C2CC2)cc(C2CC2)c1)C(=O)CN(Cc1ccccc1C(F)(F)F)S(=O)(=O)c1c(F)cc(F)c(F)c1F. The van der Waals surface area contributed by atoms with Gasteiger partial charge in [-0.3, -0.25) is 4.79 Å². The first-order valence-corrected chi connectivity index (χ1v) is 18.4. The van der Waals surface area contributed by atoms with Crippen LogP contribution in [0.3, 0.4) is 0 Å². The van der Waals surface area contributed by atoms with Gasteiger partial charge >= 0.3 is 12.1 Å². The number of carbonyl (C=O) groups excluding carboxylic acids is 1. The Bertz CT molecular complexity index is 2190. The molecule has 6 rings (SSSR count). The van der Waals surface area contributed by atoms with Gasteiger partial charge in [0.1, 0.15) is 11.6 Å². The molecule has 0 spiro atoms. The predicted molar refractivity (Wildman–Crippen MR) is 181 cm³/mol. The normalized spacial score (nSPS) is 14.7. The lowest BCUT2D eigenvalue weighted by Crippen LogP contribution is -2.43. The molecule has 16 heteroatoms. The first-order valence-electron chi connectivity index (χ1n) is 16.9. The van der Waals surface area contributed by atoms with Crippen LogP contribution in [0.5, 0.6) is 5.75 Å². The predicted octanol–water partition coefficient (Wildman–Crippen LogP) is 8.54. The van der Waals surface area contributed by atoms with Crippen molar-refractivity contribution in [2.45, 2.75) is 68.6 Å². The largest absolute Gasteiger partial charge is 0.492 e. The van der Waals surface area contributed by atoms with Crippen LogP contribution in [0, 0.1) is 23.3 Å². The highest BCUT2D eigenvalue weighted by Crippen LogP contribution is 2.46. The van der Waals surface area contributed by atoms with Gasteiger partial charge in [0.05, 0.1) is 36.5 Å². The number of halogens is 7. The molecule has 1 N–H and O–H groups in total. The van der Waals surface area contributed by atoms with Crippen molar-refractivity contribution in [1.82, 2.24) is 4.31 Å². The van der Waals surface area contributed by atoms with E-state index in [0.29, 0.717) is 11.6 Å². The van der Waals surface area contributed by atoms with E-state index in [-0.39, 0.29) is 52.4 Å². The van der Waals surface area contributed by atoms with Gasteiger partial charge in [0.2, 0.25) is 15.9 Å². The monoisotopic (exact) mass is 778 g/mol. The Hall–Kier alpha value is -4.96. The van der Waals surface area contributed by atoms with E-state index in [9.17, 15) is 45.1 Å². The fourth-order valence-corrected chi connectivity index (χ4v) is 7.74. The summed E-state index contributed by atoms with van der Waals surface area (Å²) < 4.78 is 134. The molecule has 2 aliphatic rings. The maximum absolute atomic E-state index is 15.1. The van der Waals surface area contributed by atoms with Crippen molar-refractivity contribution in [3.8, 4) is 5.75 Å². The average molecular weight is 779 g/mol. The van der Waals surface area contributed by atoms with E-state index in [1.54, 1.807) is 6.92 Å². The van der Waals surface area contributed by atoms with Crippen LogP contribution in [-0.4, -0.2) is 42.9 Å². The molecule has 2 saturated carbocycles. The third kappa shape index (κ3) is 8.23. The van der Waals surface area contributed by atoms with Crippen LogP contribution in [0.1, 0.15) is 82.6 Å². The molecule has 0 radical (unpaired) electrons. The Morgan fingerprint density at radius 2 is 1.46 bits per heavy atom. The number of nitrogens with zero attached hydrogens (tertiary/aromatic N) is 2. The average Bonchev–Trinajstić information content (AvgIpc) is 4.03. The molecule has 0 heterocycles. The van der Waals surface area contributed by atoms with E-state index < -0.39 is 80.5 Å². The summed E-state index contributed by atoms with van der Waals surface area (Å²) in [5, 5.41) is 9.65. The number of alkyl halides is 3. The van der Waals surface area contributed by atoms with E-state index in [1.165, 1.54) is 6.07 Å². The molecular weight excluding hydrogens is 745 g/mol. The number of benzene rings is 4. The van der Waals surface area contributed by atoms with E-state index in [2.05, 4.69) is 6.07 Å². The first-order chi connectivity index (χ1) is 25.5. The molecular formula is C38H33F7N2O6S. The van der Waals surface area contributed by atoms with Crippen LogP contribution in [0.25, 0.3) is 0 Å². The molecule has 2 aliphatic carbocycles. The highest BCUT2D eigenvalue weighted by Gasteiger charge is 2.39. The minimum Gasteiger partial charge on any atom is -0.492 e. The molecule has 8 nitrogen and oxygen atoms in total. The van der Waals surface area contributed by atoms with Crippen LogP contribution >= 0.6 is 0 Å². The molecule has 0 unspecified atom stereocenters. The summed E-state index contributed by atoms with van der Waals surface area (Å²) in [5.41, 5.74) is 0.314.